The Morgan fingerprint density at radius 2 is 2.02 bits per heavy atom. The Morgan fingerprint density at radius 1 is 1.26 bits per heavy atom. The summed E-state index contributed by atoms with van der Waals surface area (Å²) < 4.78 is 50.7. The summed E-state index contributed by atoms with van der Waals surface area (Å²) in [6.45, 7) is 2.45. The predicted octanol–water partition coefficient (Wildman–Crippen LogP) is 2.25. The number of hydrogen-bond donors (Lipinski definition) is 2. The van der Waals surface area contributed by atoms with E-state index in [1.807, 2.05) is 11.1 Å². The molecule has 2 N–H and O–H groups in total. The predicted molar refractivity (Wildman–Crippen MR) is 135 cm³/mol. The number of ether oxygens (including phenoxy) is 2. The van der Waals surface area contributed by atoms with Crippen molar-refractivity contribution in [3.8, 4) is 23.1 Å². The highest BCUT2D eigenvalue weighted by Crippen LogP contribution is 2.36. The Morgan fingerprint density at radius 3 is 2.62 bits per heavy atom. The Hall–Kier alpha value is -4.49. The Balaban J connectivity index is 0.000000451. The molecule has 2 aromatic heterocycles. The fourth-order valence-electron chi connectivity index (χ4n) is 4.65. The zero-order chi connectivity index (χ0) is 29.9. The number of amides is 1. The highest BCUT2D eigenvalue weighted by molar-refractivity contribution is 5.91. The number of nitriles is 1. The second kappa shape index (κ2) is 12.2. The minimum absolute atomic E-state index is 0.0450. The quantitative estimate of drug-likeness (QED) is 0.395. The van der Waals surface area contributed by atoms with Gasteiger partial charge < -0.3 is 29.2 Å². The van der Waals surface area contributed by atoms with Crippen molar-refractivity contribution in [3.05, 3.63) is 48.2 Å². The van der Waals surface area contributed by atoms with Crippen molar-refractivity contribution in [1.29, 1.82) is 5.26 Å². The molecule has 16 heteroatoms. The first-order valence-corrected chi connectivity index (χ1v) is 13.1. The van der Waals surface area contributed by atoms with Crippen LogP contribution in [0.5, 0.6) is 5.75 Å². The van der Waals surface area contributed by atoms with Crippen molar-refractivity contribution in [1.82, 2.24) is 30.2 Å². The highest BCUT2D eigenvalue weighted by Gasteiger charge is 2.42. The third-order valence-corrected chi connectivity index (χ3v) is 6.85. The van der Waals surface area contributed by atoms with E-state index in [-0.39, 0.29) is 36.0 Å². The van der Waals surface area contributed by atoms with E-state index in [0.717, 1.165) is 19.3 Å². The van der Waals surface area contributed by atoms with Gasteiger partial charge in [0.05, 0.1) is 49.3 Å². The van der Waals surface area contributed by atoms with Gasteiger partial charge in [-0.3, -0.25) is 9.48 Å². The second-order valence-electron chi connectivity index (χ2n) is 10.00. The van der Waals surface area contributed by atoms with Crippen LogP contribution in [0.4, 0.5) is 13.2 Å². The zero-order valence-electron chi connectivity index (χ0n) is 22.0. The zero-order valence-corrected chi connectivity index (χ0v) is 22.0. The summed E-state index contributed by atoms with van der Waals surface area (Å²) in [5.41, 5.74) is 1.06. The second-order valence-corrected chi connectivity index (χ2v) is 10.00. The van der Waals surface area contributed by atoms with E-state index in [1.54, 1.807) is 29.1 Å². The van der Waals surface area contributed by atoms with Gasteiger partial charge in [0, 0.05) is 30.9 Å². The molecule has 222 valence electrons. The summed E-state index contributed by atoms with van der Waals surface area (Å²) >= 11 is 0. The smallest absolute Gasteiger partial charge is 0.485 e. The molecule has 0 bridgehead atoms. The van der Waals surface area contributed by atoms with Crippen molar-refractivity contribution in [2.45, 2.75) is 56.2 Å². The average molecular weight is 590 g/mol. The number of nitrogens with zero attached hydrogens (tertiary/aromatic N) is 6. The van der Waals surface area contributed by atoms with Crippen LogP contribution in [0.2, 0.25) is 0 Å². The normalized spacial score (nSPS) is 20.1. The number of carbonyl (C=O) groups excluding carboxylic acids is 1. The summed E-state index contributed by atoms with van der Waals surface area (Å²) in [4.78, 5) is 28.7. The number of rotatable bonds is 8. The van der Waals surface area contributed by atoms with Gasteiger partial charge in [-0.15, -0.1) is 5.10 Å². The molecule has 0 unspecified atom stereocenters. The lowest BCUT2D eigenvalue weighted by atomic mass is 10.1. The van der Waals surface area contributed by atoms with Crippen molar-refractivity contribution < 1.29 is 41.8 Å². The highest BCUT2D eigenvalue weighted by atomic mass is 19.4. The summed E-state index contributed by atoms with van der Waals surface area (Å²) in [5.74, 6) is -1.95. The number of aromatic nitrogens is 4. The molecule has 0 spiro atoms. The van der Waals surface area contributed by atoms with Gasteiger partial charge in [-0.05, 0) is 37.5 Å². The van der Waals surface area contributed by atoms with E-state index >= 15 is 0 Å². The monoisotopic (exact) mass is 589 g/mol. The van der Waals surface area contributed by atoms with Crippen LogP contribution in [0.3, 0.4) is 0 Å². The fraction of sp³-hybridized carbons (Fsp3) is 0.462. The average Bonchev–Trinajstić information content (AvgIpc) is 3.30. The molecular formula is C26H26F3N7O6. The molecule has 1 aromatic carbocycles. The Bertz CT molecular complexity index is 1450. The lowest BCUT2D eigenvalue weighted by Crippen LogP contribution is -2.43. The standard InChI is InChI=1S/C24H25N7O4.C2HF3O2/c25-9-15-1-4-21(34-19-13-33-14-19)20(7-15)22-11-27-23(35-22)24(32)31(17-2-3-17)18-8-16(26-10-18)12-30-6-5-28-29-30;3-2(4,5)1(6)7/h1,4-7,11,16-19,26H,2-3,8,10,12-14H2;(H,6,7)/t16-,18+;/m0./s1. The molecule has 6 rings (SSSR count). The van der Waals surface area contributed by atoms with Gasteiger partial charge in [0.2, 0.25) is 0 Å². The Labute approximate surface area is 236 Å². The van der Waals surface area contributed by atoms with Crippen LogP contribution in [0, 0.1) is 11.3 Å². The third-order valence-electron chi connectivity index (χ3n) is 6.85. The summed E-state index contributed by atoms with van der Waals surface area (Å²) in [7, 11) is 0. The molecule has 1 saturated carbocycles. The topological polar surface area (TPSA) is 169 Å². The molecule has 2 saturated heterocycles. The van der Waals surface area contributed by atoms with E-state index in [9.17, 15) is 23.2 Å². The van der Waals surface area contributed by atoms with Crippen molar-refractivity contribution in [2.24, 2.45) is 0 Å². The summed E-state index contributed by atoms with van der Waals surface area (Å²) in [6.07, 6.45) is 2.68. The Kier molecular flexibility index (Phi) is 8.41. The summed E-state index contributed by atoms with van der Waals surface area (Å²) in [5, 5.41) is 27.9. The van der Waals surface area contributed by atoms with Crippen LogP contribution in [0.25, 0.3) is 11.3 Å². The van der Waals surface area contributed by atoms with Crippen LogP contribution < -0.4 is 10.1 Å². The minimum Gasteiger partial charge on any atom is -0.485 e. The SMILES string of the molecule is N#Cc1ccc(OC2COC2)c(-c2cnc(C(=O)N(C3CC3)[C@H]3CN[C@H](Cn4ccnn4)C3)o2)c1.O=C(O)C(F)(F)F. The number of alkyl halides is 3. The first kappa shape index (κ1) is 29.0. The molecular weight excluding hydrogens is 563 g/mol. The van der Waals surface area contributed by atoms with E-state index in [4.69, 9.17) is 23.8 Å². The van der Waals surface area contributed by atoms with Crippen molar-refractivity contribution in [3.63, 3.8) is 0 Å². The third kappa shape index (κ3) is 6.86. The van der Waals surface area contributed by atoms with Gasteiger partial charge in [0.15, 0.2) is 5.76 Å². The van der Waals surface area contributed by atoms with Gasteiger partial charge in [-0.1, -0.05) is 5.21 Å². The first-order chi connectivity index (χ1) is 20.1. The molecule has 0 radical (unpaired) electrons. The van der Waals surface area contributed by atoms with Gasteiger partial charge in [-0.25, -0.2) is 9.78 Å². The van der Waals surface area contributed by atoms with Crippen LogP contribution >= 0.6 is 0 Å². The van der Waals surface area contributed by atoms with Gasteiger partial charge in [-0.2, -0.15) is 18.4 Å². The number of oxazole rings is 1. The molecule has 4 heterocycles. The van der Waals surface area contributed by atoms with Crippen LogP contribution in [-0.2, 0) is 16.1 Å². The van der Waals surface area contributed by atoms with Gasteiger partial charge in [0.1, 0.15) is 11.9 Å². The first-order valence-electron chi connectivity index (χ1n) is 13.1. The van der Waals surface area contributed by atoms with Crippen LogP contribution in [0.15, 0.2) is 41.2 Å². The molecule has 2 atom stereocenters. The molecule has 3 aliphatic rings. The molecule has 1 amide bonds. The molecule has 13 nitrogen and oxygen atoms in total. The number of hydrogen-bond acceptors (Lipinski definition) is 10. The number of benzene rings is 1. The number of aliphatic carboxylic acids is 1. The largest absolute Gasteiger partial charge is 0.490 e. The lowest BCUT2D eigenvalue weighted by molar-refractivity contribution is -0.192. The van der Waals surface area contributed by atoms with Gasteiger partial charge in [0.25, 0.3) is 5.89 Å². The molecule has 1 aliphatic carbocycles. The van der Waals surface area contributed by atoms with Crippen LogP contribution in [0.1, 0.15) is 35.5 Å². The summed E-state index contributed by atoms with van der Waals surface area (Å²) in [6, 6.07) is 7.73. The lowest BCUT2D eigenvalue weighted by Gasteiger charge is -2.27. The number of carboxylic acid groups (broad SMARTS) is 1. The van der Waals surface area contributed by atoms with E-state index < -0.39 is 12.1 Å². The molecule has 3 aromatic rings. The maximum absolute atomic E-state index is 13.5. The van der Waals surface area contributed by atoms with Crippen molar-refractivity contribution >= 4 is 11.9 Å². The maximum Gasteiger partial charge on any atom is 0.490 e. The van der Waals surface area contributed by atoms with E-state index in [0.29, 0.717) is 48.9 Å². The number of carbonyl (C=O) groups is 2. The molecule has 42 heavy (non-hydrogen) atoms. The maximum atomic E-state index is 13.5. The van der Waals surface area contributed by atoms with Crippen LogP contribution in [-0.4, -0.2) is 92.0 Å². The number of halogens is 3. The minimum atomic E-state index is -5.08. The number of nitrogens with one attached hydrogen (secondary N) is 1. The molecule has 2 aliphatic heterocycles. The fourth-order valence-corrected chi connectivity index (χ4v) is 4.65. The number of carboxylic acids is 1. The molecule has 3 fully saturated rings. The van der Waals surface area contributed by atoms with Gasteiger partial charge >= 0.3 is 18.1 Å². The van der Waals surface area contributed by atoms with E-state index in [2.05, 4.69) is 26.7 Å². The van der Waals surface area contributed by atoms with E-state index in [1.165, 1.54) is 6.20 Å². The van der Waals surface area contributed by atoms with Crippen molar-refractivity contribution in [2.75, 3.05) is 19.8 Å².